The van der Waals surface area contributed by atoms with Crippen molar-refractivity contribution in [2.75, 3.05) is 4.90 Å². The van der Waals surface area contributed by atoms with E-state index in [-0.39, 0.29) is 5.75 Å². The number of hydrogen-bond acceptors (Lipinski definition) is 3. The minimum Gasteiger partial charge on any atom is -0.404 e. The Labute approximate surface area is 144 Å². The van der Waals surface area contributed by atoms with Crippen LogP contribution in [-0.2, 0) is 4.57 Å². The van der Waals surface area contributed by atoms with Gasteiger partial charge in [-0.1, -0.05) is 38.5 Å². The first kappa shape index (κ1) is 17.8. The lowest BCUT2D eigenvalue weighted by atomic mass is 9.88. The molecule has 3 rings (SSSR count). The molecule has 0 aliphatic heterocycles. The summed E-state index contributed by atoms with van der Waals surface area (Å²) < 4.78 is 15.7. The number of phosphoric ester groups is 1. The Balaban J connectivity index is 1.80. The molecule has 0 unspecified atom stereocenters. The Morgan fingerprint density at radius 3 is 1.71 bits per heavy atom. The van der Waals surface area contributed by atoms with Crippen molar-refractivity contribution >= 4 is 13.5 Å². The van der Waals surface area contributed by atoms with Gasteiger partial charge < -0.3 is 9.42 Å². The van der Waals surface area contributed by atoms with Gasteiger partial charge in [-0.05, 0) is 49.9 Å². The second-order valence-corrected chi connectivity index (χ2v) is 8.23. The highest BCUT2D eigenvalue weighted by atomic mass is 31.2. The Morgan fingerprint density at radius 1 is 0.833 bits per heavy atom. The van der Waals surface area contributed by atoms with Gasteiger partial charge in [0.25, 0.3) is 0 Å². The fourth-order valence-electron chi connectivity index (χ4n) is 4.25. The number of nitrogens with zero attached hydrogens (tertiary/aromatic N) is 1. The smallest absolute Gasteiger partial charge is 0.404 e. The van der Waals surface area contributed by atoms with Gasteiger partial charge in [0.2, 0.25) is 0 Å². The van der Waals surface area contributed by atoms with Crippen molar-refractivity contribution < 1.29 is 18.9 Å². The third-order valence-electron chi connectivity index (χ3n) is 5.30. The number of rotatable bonds is 5. The third-order valence-corrected chi connectivity index (χ3v) is 5.74. The van der Waals surface area contributed by atoms with Gasteiger partial charge in [-0.3, -0.25) is 9.79 Å². The first-order valence-electron chi connectivity index (χ1n) is 9.16. The van der Waals surface area contributed by atoms with Crippen molar-refractivity contribution in [3.63, 3.8) is 0 Å². The van der Waals surface area contributed by atoms with E-state index >= 15 is 0 Å². The zero-order valence-corrected chi connectivity index (χ0v) is 15.0. The lowest BCUT2D eigenvalue weighted by molar-refractivity contribution is 0.283. The summed E-state index contributed by atoms with van der Waals surface area (Å²) in [6.45, 7) is 0. The molecule has 0 radical (unpaired) electrons. The highest BCUT2D eigenvalue weighted by Gasteiger charge is 2.29. The number of hydrogen-bond donors (Lipinski definition) is 2. The average Bonchev–Trinajstić information content (AvgIpc) is 2.57. The van der Waals surface area contributed by atoms with Crippen LogP contribution >= 0.6 is 7.82 Å². The molecule has 0 heterocycles. The first-order valence-corrected chi connectivity index (χ1v) is 10.7. The van der Waals surface area contributed by atoms with E-state index < -0.39 is 7.82 Å². The predicted octanol–water partition coefficient (Wildman–Crippen LogP) is 4.63. The highest BCUT2D eigenvalue weighted by Crippen LogP contribution is 2.39. The summed E-state index contributed by atoms with van der Waals surface area (Å²) in [6.07, 6.45) is 12.9. The fraction of sp³-hybridized carbons (Fsp3) is 0.667. The van der Waals surface area contributed by atoms with Gasteiger partial charge in [0.05, 0.1) is 0 Å². The van der Waals surface area contributed by atoms with Crippen LogP contribution in [0, 0.1) is 0 Å². The molecule has 1 aromatic rings. The molecule has 5 nitrogen and oxygen atoms in total. The maximum absolute atomic E-state index is 11.0. The summed E-state index contributed by atoms with van der Waals surface area (Å²) in [7, 11) is -4.49. The van der Waals surface area contributed by atoms with Gasteiger partial charge in [-0.15, -0.1) is 0 Å². The summed E-state index contributed by atoms with van der Waals surface area (Å²) in [6, 6.07) is 8.44. The summed E-state index contributed by atoms with van der Waals surface area (Å²) in [5, 5.41) is 0. The van der Waals surface area contributed by atoms with Crippen LogP contribution in [0.1, 0.15) is 64.2 Å². The zero-order chi connectivity index (χ0) is 17.0. The molecule has 0 atom stereocenters. The molecule has 2 saturated carbocycles. The van der Waals surface area contributed by atoms with E-state index in [0.29, 0.717) is 12.1 Å². The molecule has 2 N–H and O–H groups in total. The Morgan fingerprint density at radius 2 is 1.29 bits per heavy atom. The second kappa shape index (κ2) is 7.90. The van der Waals surface area contributed by atoms with E-state index in [0.717, 1.165) is 5.69 Å². The van der Waals surface area contributed by atoms with Crippen LogP contribution in [0.5, 0.6) is 5.75 Å². The third kappa shape index (κ3) is 4.75. The predicted molar refractivity (Wildman–Crippen MR) is 95.3 cm³/mol. The fourth-order valence-corrected chi connectivity index (χ4v) is 4.65. The minimum absolute atomic E-state index is 0.222. The minimum atomic E-state index is -4.49. The molecule has 0 amide bonds. The molecule has 6 heteroatoms. The van der Waals surface area contributed by atoms with Gasteiger partial charge in [0.15, 0.2) is 0 Å². The molecule has 0 spiro atoms. The molecule has 1 aromatic carbocycles. The molecule has 134 valence electrons. The first-order chi connectivity index (χ1) is 11.5. The highest BCUT2D eigenvalue weighted by molar-refractivity contribution is 7.46. The van der Waals surface area contributed by atoms with Gasteiger partial charge in [0.1, 0.15) is 5.75 Å². The quantitative estimate of drug-likeness (QED) is 0.755. The van der Waals surface area contributed by atoms with E-state index in [1.165, 1.54) is 64.2 Å². The number of benzene rings is 1. The zero-order valence-electron chi connectivity index (χ0n) is 14.1. The lowest BCUT2D eigenvalue weighted by Gasteiger charge is -2.43. The van der Waals surface area contributed by atoms with Crippen molar-refractivity contribution in [2.45, 2.75) is 76.3 Å². The topological polar surface area (TPSA) is 70.0 Å². The Bertz CT molecular complexity index is 541. The van der Waals surface area contributed by atoms with Crippen LogP contribution in [0.2, 0.25) is 0 Å². The van der Waals surface area contributed by atoms with Gasteiger partial charge >= 0.3 is 7.82 Å². The summed E-state index contributed by atoms with van der Waals surface area (Å²) in [4.78, 5) is 20.5. The van der Waals surface area contributed by atoms with E-state index in [1.807, 2.05) is 12.1 Å². The number of phosphoric acid groups is 1. The van der Waals surface area contributed by atoms with Gasteiger partial charge in [0, 0.05) is 17.8 Å². The molecule has 2 aliphatic carbocycles. The van der Waals surface area contributed by atoms with Crippen LogP contribution in [0.4, 0.5) is 5.69 Å². The van der Waals surface area contributed by atoms with Gasteiger partial charge in [-0.25, -0.2) is 4.57 Å². The van der Waals surface area contributed by atoms with E-state index in [9.17, 15) is 4.57 Å². The largest absolute Gasteiger partial charge is 0.524 e. The lowest BCUT2D eigenvalue weighted by Crippen LogP contribution is -2.45. The molecule has 2 aliphatic rings. The Hall–Kier alpha value is -1.03. The summed E-state index contributed by atoms with van der Waals surface area (Å²) in [5.74, 6) is 0.222. The molecular weight excluding hydrogens is 325 g/mol. The van der Waals surface area contributed by atoms with E-state index in [4.69, 9.17) is 9.79 Å². The molecule has 0 bridgehead atoms. The standard InChI is InChI=1S/C18H28NO4P/c20-24(21,22)23-18-13-11-17(12-14-18)19(15-7-3-1-4-8-15)16-9-5-2-6-10-16/h11-16H,1-10H2,(H2,20,21,22). The van der Waals surface area contributed by atoms with Crippen molar-refractivity contribution in [3.8, 4) is 5.75 Å². The van der Waals surface area contributed by atoms with E-state index in [2.05, 4.69) is 9.42 Å². The molecular formula is C18H28NO4P. The maximum Gasteiger partial charge on any atom is 0.524 e. The van der Waals surface area contributed by atoms with Crippen molar-refractivity contribution in [2.24, 2.45) is 0 Å². The Kier molecular flexibility index (Phi) is 5.85. The van der Waals surface area contributed by atoms with Crippen LogP contribution in [0.25, 0.3) is 0 Å². The molecule has 0 aromatic heterocycles. The van der Waals surface area contributed by atoms with Crippen molar-refractivity contribution in [3.05, 3.63) is 24.3 Å². The van der Waals surface area contributed by atoms with E-state index in [1.54, 1.807) is 12.1 Å². The monoisotopic (exact) mass is 353 g/mol. The summed E-state index contributed by atoms with van der Waals surface area (Å²) >= 11 is 0. The number of anilines is 1. The average molecular weight is 353 g/mol. The second-order valence-electron chi connectivity index (χ2n) is 7.07. The normalized spacial score (nSPS) is 20.8. The van der Waals surface area contributed by atoms with Crippen LogP contribution in [0.3, 0.4) is 0 Å². The SMILES string of the molecule is O=P(O)(O)Oc1ccc(N(C2CCCCC2)C2CCCCC2)cc1. The van der Waals surface area contributed by atoms with Crippen molar-refractivity contribution in [1.82, 2.24) is 0 Å². The van der Waals surface area contributed by atoms with Crippen LogP contribution in [0.15, 0.2) is 24.3 Å². The van der Waals surface area contributed by atoms with Crippen LogP contribution < -0.4 is 9.42 Å². The molecule has 2 fully saturated rings. The maximum atomic E-state index is 11.0. The van der Waals surface area contributed by atoms with Crippen LogP contribution in [-0.4, -0.2) is 21.9 Å². The summed E-state index contributed by atoms with van der Waals surface area (Å²) in [5.41, 5.74) is 1.16. The van der Waals surface area contributed by atoms with Crippen molar-refractivity contribution in [1.29, 1.82) is 0 Å². The molecule has 0 saturated heterocycles. The van der Waals surface area contributed by atoms with Gasteiger partial charge in [-0.2, -0.15) is 0 Å². The molecule has 24 heavy (non-hydrogen) atoms.